The van der Waals surface area contributed by atoms with Crippen LogP contribution in [0.4, 0.5) is 13.2 Å². The van der Waals surface area contributed by atoms with Crippen LogP contribution in [0.3, 0.4) is 0 Å². The van der Waals surface area contributed by atoms with E-state index in [0.717, 1.165) is 12.1 Å². The minimum absolute atomic E-state index is 0.0533. The Labute approximate surface area is 106 Å². The Kier molecular flexibility index (Phi) is 3.25. The van der Waals surface area contributed by atoms with Gasteiger partial charge in [-0.25, -0.2) is 0 Å². The maximum absolute atomic E-state index is 12.4. The second-order valence-corrected chi connectivity index (χ2v) is 3.77. The first-order chi connectivity index (χ1) is 8.89. The van der Waals surface area contributed by atoms with E-state index in [1.54, 1.807) is 12.1 Å². The molecule has 0 aliphatic rings. The summed E-state index contributed by atoms with van der Waals surface area (Å²) in [5, 5.41) is 9.54. The molecule has 0 fully saturated rings. The summed E-state index contributed by atoms with van der Waals surface area (Å²) >= 11 is 0. The summed E-state index contributed by atoms with van der Waals surface area (Å²) in [5.41, 5.74) is -1.17. The van der Waals surface area contributed by atoms with E-state index >= 15 is 0 Å². The number of nitrogens with zero attached hydrogens (tertiary/aromatic N) is 1. The molecule has 0 saturated heterocycles. The van der Waals surface area contributed by atoms with Gasteiger partial charge in [0.05, 0.1) is 11.1 Å². The number of benzene rings is 1. The monoisotopic (exact) mass is 267 g/mol. The zero-order valence-corrected chi connectivity index (χ0v) is 9.48. The van der Waals surface area contributed by atoms with Gasteiger partial charge in [-0.05, 0) is 30.3 Å². The highest BCUT2D eigenvalue weighted by Gasteiger charge is 2.31. The van der Waals surface area contributed by atoms with Crippen LogP contribution in [0.25, 0.3) is 0 Å². The number of halogens is 3. The fourth-order valence-electron chi connectivity index (χ4n) is 1.54. The molecule has 0 saturated carbocycles. The van der Waals surface area contributed by atoms with Crippen LogP contribution < -0.4 is 0 Å². The normalized spacial score (nSPS) is 11.3. The second-order valence-electron chi connectivity index (χ2n) is 3.77. The molecule has 2 rings (SSSR count). The van der Waals surface area contributed by atoms with Crippen molar-refractivity contribution in [3.63, 3.8) is 0 Å². The average Bonchev–Trinajstić information content (AvgIpc) is 2.38. The molecule has 0 unspecified atom stereocenters. The minimum atomic E-state index is -4.57. The first-order valence-corrected chi connectivity index (χ1v) is 5.25. The Morgan fingerprint density at radius 2 is 1.89 bits per heavy atom. The molecule has 1 heterocycles. The lowest BCUT2D eigenvalue weighted by molar-refractivity contribution is -0.137. The number of pyridine rings is 1. The van der Waals surface area contributed by atoms with E-state index in [0.29, 0.717) is 6.07 Å². The number of carbonyl (C=O) groups is 1. The van der Waals surface area contributed by atoms with Gasteiger partial charge in [0.25, 0.3) is 0 Å². The number of hydrogen-bond donors (Lipinski definition) is 1. The minimum Gasteiger partial charge on any atom is -0.507 e. The highest BCUT2D eigenvalue weighted by atomic mass is 19.4. The van der Waals surface area contributed by atoms with Crippen LogP contribution in [0.2, 0.25) is 0 Å². The van der Waals surface area contributed by atoms with E-state index < -0.39 is 23.3 Å². The van der Waals surface area contributed by atoms with Gasteiger partial charge in [0.2, 0.25) is 5.78 Å². The third kappa shape index (κ3) is 2.73. The highest BCUT2D eigenvalue weighted by molar-refractivity contribution is 6.09. The van der Waals surface area contributed by atoms with E-state index in [4.69, 9.17) is 0 Å². The maximum atomic E-state index is 12.4. The SMILES string of the molecule is O=C(c1ccccn1)c1ccc(C(F)(F)F)cc1O. The van der Waals surface area contributed by atoms with Gasteiger partial charge < -0.3 is 5.11 Å². The quantitative estimate of drug-likeness (QED) is 0.851. The predicted octanol–water partition coefficient (Wildman–Crippen LogP) is 3.04. The topological polar surface area (TPSA) is 50.2 Å². The maximum Gasteiger partial charge on any atom is 0.416 e. The lowest BCUT2D eigenvalue weighted by atomic mass is 10.0. The molecule has 0 bridgehead atoms. The van der Waals surface area contributed by atoms with E-state index in [-0.39, 0.29) is 11.3 Å². The van der Waals surface area contributed by atoms with Gasteiger partial charge in [-0.15, -0.1) is 0 Å². The zero-order valence-electron chi connectivity index (χ0n) is 9.48. The van der Waals surface area contributed by atoms with Crippen molar-refractivity contribution in [3.05, 3.63) is 59.4 Å². The molecule has 1 aromatic heterocycles. The zero-order chi connectivity index (χ0) is 14.0. The van der Waals surface area contributed by atoms with Gasteiger partial charge in [-0.1, -0.05) is 6.07 Å². The Bertz CT molecular complexity index is 609. The lowest BCUT2D eigenvalue weighted by Crippen LogP contribution is -2.08. The molecule has 19 heavy (non-hydrogen) atoms. The largest absolute Gasteiger partial charge is 0.507 e. The Balaban J connectivity index is 2.40. The smallest absolute Gasteiger partial charge is 0.416 e. The number of alkyl halides is 3. The fraction of sp³-hybridized carbons (Fsp3) is 0.0769. The van der Waals surface area contributed by atoms with E-state index in [9.17, 15) is 23.1 Å². The average molecular weight is 267 g/mol. The summed E-state index contributed by atoms with van der Waals surface area (Å²) < 4.78 is 37.2. The number of phenolic OH excluding ortho intramolecular Hbond substituents is 1. The molecule has 0 spiro atoms. The standard InChI is InChI=1S/C13H8F3NO2/c14-13(15,16)8-4-5-9(11(18)7-8)12(19)10-3-1-2-6-17-10/h1-7,18H. The van der Waals surface area contributed by atoms with Crippen LogP contribution >= 0.6 is 0 Å². The molecule has 0 aliphatic heterocycles. The number of rotatable bonds is 2. The number of aromatic hydroxyl groups is 1. The molecule has 0 atom stereocenters. The fourth-order valence-corrected chi connectivity index (χ4v) is 1.54. The molecule has 1 N–H and O–H groups in total. The Hall–Kier alpha value is -2.37. The summed E-state index contributed by atoms with van der Waals surface area (Å²) in [5.74, 6) is -1.35. The van der Waals surface area contributed by atoms with Crippen LogP contribution in [0.5, 0.6) is 5.75 Å². The van der Waals surface area contributed by atoms with Gasteiger partial charge in [0.1, 0.15) is 11.4 Å². The Morgan fingerprint density at radius 3 is 2.42 bits per heavy atom. The van der Waals surface area contributed by atoms with Gasteiger partial charge >= 0.3 is 6.18 Å². The predicted molar refractivity (Wildman–Crippen MR) is 60.8 cm³/mol. The molecule has 98 valence electrons. The first kappa shape index (κ1) is 13.1. The number of phenols is 1. The van der Waals surface area contributed by atoms with Crippen molar-refractivity contribution in [2.75, 3.05) is 0 Å². The molecular formula is C13H8F3NO2. The molecule has 0 amide bonds. The number of hydrogen-bond acceptors (Lipinski definition) is 3. The molecule has 0 radical (unpaired) electrons. The van der Waals surface area contributed by atoms with Crippen molar-refractivity contribution in [1.29, 1.82) is 0 Å². The van der Waals surface area contributed by atoms with Crippen molar-refractivity contribution < 1.29 is 23.1 Å². The first-order valence-electron chi connectivity index (χ1n) is 5.25. The molecule has 3 nitrogen and oxygen atoms in total. The molecule has 2 aromatic rings. The number of aromatic nitrogens is 1. The van der Waals surface area contributed by atoms with Crippen LogP contribution in [0.15, 0.2) is 42.6 Å². The molecule has 1 aromatic carbocycles. The summed E-state index contributed by atoms with van der Waals surface area (Å²) in [6.07, 6.45) is -3.18. The lowest BCUT2D eigenvalue weighted by Gasteiger charge is -2.09. The summed E-state index contributed by atoms with van der Waals surface area (Å²) in [7, 11) is 0. The van der Waals surface area contributed by atoms with Crippen LogP contribution in [-0.2, 0) is 6.18 Å². The van der Waals surface area contributed by atoms with Crippen molar-refractivity contribution in [2.45, 2.75) is 6.18 Å². The van der Waals surface area contributed by atoms with E-state index in [1.165, 1.54) is 12.3 Å². The van der Waals surface area contributed by atoms with Crippen LogP contribution in [-0.4, -0.2) is 15.9 Å². The van der Waals surface area contributed by atoms with Crippen molar-refractivity contribution in [1.82, 2.24) is 4.98 Å². The third-order valence-electron chi connectivity index (χ3n) is 2.47. The van der Waals surface area contributed by atoms with Crippen LogP contribution in [0, 0.1) is 0 Å². The summed E-state index contributed by atoms with van der Waals surface area (Å²) in [6, 6.07) is 6.80. The Morgan fingerprint density at radius 1 is 1.16 bits per heavy atom. The van der Waals surface area contributed by atoms with Gasteiger partial charge in [-0.2, -0.15) is 13.2 Å². The van der Waals surface area contributed by atoms with Gasteiger partial charge in [-0.3, -0.25) is 9.78 Å². The molecular weight excluding hydrogens is 259 g/mol. The van der Waals surface area contributed by atoms with E-state index in [1.807, 2.05) is 0 Å². The molecule has 6 heteroatoms. The van der Waals surface area contributed by atoms with Gasteiger partial charge in [0.15, 0.2) is 0 Å². The second kappa shape index (κ2) is 4.72. The number of carbonyl (C=O) groups excluding carboxylic acids is 1. The number of ketones is 1. The molecule has 0 aliphatic carbocycles. The summed E-state index contributed by atoms with van der Waals surface area (Å²) in [6.45, 7) is 0. The van der Waals surface area contributed by atoms with E-state index in [2.05, 4.69) is 4.98 Å². The highest BCUT2D eigenvalue weighted by Crippen LogP contribution is 2.33. The van der Waals surface area contributed by atoms with Crippen LogP contribution in [0.1, 0.15) is 21.6 Å². The van der Waals surface area contributed by atoms with Gasteiger partial charge in [0, 0.05) is 6.20 Å². The summed E-state index contributed by atoms with van der Waals surface area (Å²) in [4.78, 5) is 15.7. The van der Waals surface area contributed by atoms with Crippen molar-refractivity contribution in [3.8, 4) is 5.75 Å². The van der Waals surface area contributed by atoms with Crippen molar-refractivity contribution in [2.24, 2.45) is 0 Å². The van der Waals surface area contributed by atoms with Crippen molar-refractivity contribution >= 4 is 5.78 Å². The third-order valence-corrected chi connectivity index (χ3v) is 2.47.